The Labute approximate surface area is 142 Å². The molecule has 0 radical (unpaired) electrons. The number of fused-ring (bicyclic) bond motifs is 4. The van der Waals surface area contributed by atoms with Gasteiger partial charge in [-0.1, -0.05) is 0 Å². The summed E-state index contributed by atoms with van der Waals surface area (Å²) in [5.41, 5.74) is 0.484. The summed E-state index contributed by atoms with van der Waals surface area (Å²) in [4.78, 5) is 34.9. The minimum atomic E-state index is -0.0613. The first kappa shape index (κ1) is 16.5. The lowest BCUT2D eigenvalue weighted by Gasteiger charge is -2.36. The second kappa shape index (κ2) is 6.67. The van der Waals surface area contributed by atoms with Crippen LogP contribution in [0.4, 0.5) is 4.79 Å². The van der Waals surface area contributed by atoms with Crippen molar-refractivity contribution in [1.29, 1.82) is 0 Å². The van der Waals surface area contributed by atoms with Crippen molar-refractivity contribution < 1.29 is 14.3 Å². The van der Waals surface area contributed by atoms with Crippen LogP contribution in [0.25, 0.3) is 0 Å². The molecule has 7 nitrogen and oxygen atoms in total. The number of carbonyl (C=O) groups is 2. The molecule has 3 fully saturated rings. The predicted molar refractivity (Wildman–Crippen MR) is 89.0 cm³/mol. The molecule has 2 bridgehead atoms. The van der Waals surface area contributed by atoms with Gasteiger partial charge < -0.3 is 19.4 Å². The van der Waals surface area contributed by atoms with E-state index in [0.717, 1.165) is 12.8 Å². The zero-order chi connectivity index (χ0) is 17.3. The molecular weight excluding hydrogens is 308 g/mol. The standard InChI is InChI=1S/C17H24N4O3/c1-19(2)17(23)20-9-12-6-7-13(11-20)21(10-12)16(22)14-5-4-8-18-15(14)24-3/h4-5,8,12-13H,6-7,9-11H2,1-3H3/t12-,13+/m0/s1. The highest BCUT2D eigenvalue weighted by atomic mass is 16.5. The SMILES string of the molecule is COc1ncccc1C(=O)N1C[C@H]2CC[C@@H]1CN(C(=O)N(C)C)C2. The van der Waals surface area contributed by atoms with Gasteiger partial charge in [-0.2, -0.15) is 0 Å². The molecular formula is C17H24N4O3. The number of ether oxygens (including phenoxy) is 1. The van der Waals surface area contributed by atoms with E-state index in [1.165, 1.54) is 7.11 Å². The zero-order valence-electron chi connectivity index (χ0n) is 14.4. The molecule has 130 valence electrons. The first-order chi connectivity index (χ1) is 11.5. The summed E-state index contributed by atoms with van der Waals surface area (Å²) in [5, 5.41) is 0. The summed E-state index contributed by atoms with van der Waals surface area (Å²) in [5.74, 6) is 0.608. The summed E-state index contributed by atoms with van der Waals surface area (Å²) >= 11 is 0. The fourth-order valence-corrected chi connectivity index (χ4v) is 3.64. The van der Waals surface area contributed by atoms with Gasteiger partial charge in [0.15, 0.2) is 0 Å². The lowest BCUT2D eigenvalue weighted by Crippen LogP contribution is -2.48. The van der Waals surface area contributed by atoms with Crippen LogP contribution in [0.1, 0.15) is 23.2 Å². The zero-order valence-corrected chi connectivity index (χ0v) is 14.4. The van der Waals surface area contributed by atoms with E-state index in [1.54, 1.807) is 37.3 Å². The maximum atomic E-state index is 13.0. The summed E-state index contributed by atoms with van der Waals surface area (Å²) in [6.45, 7) is 1.97. The van der Waals surface area contributed by atoms with E-state index in [1.807, 2.05) is 9.80 Å². The molecule has 3 amide bonds. The lowest BCUT2D eigenvalue weighted by molar-refractivity contribution is 0.0581. The van der Waals surface area contributed by atoms with Crippen molar-refractivity contribution in [3.05, 3.63) is 23.9 Å². The van der Waals surface area contributed by atoms with Crippen molar-refractivity contribution in [2.24, 2.45) is 5.92 Å². The molecule has 24 heavy (non-hydrogen) atoms. The highest BCUT2D eigenvalue weighted by Gasteiger charge is 2.39. The molecule has 0 N–H and O–H groups in total. The van der Waals surface area contributed by atoms with Gasteiger partial charge in [-0.05, 0) is 30.9 Å². The maximum absolute atomic E-state index is 13.0. The molecule has 0 saturated carbocycles. The van der Waals surface area contributed by atoms with Crippen LogP contribution in [0.15, 0.2) is 18.3 Å². The number of pyridine rings is 1. The molecule has 3 saturated heterocycles. The van der Waals surface area contributed by atoms with Crippen LogP contribution in [-0.4, -0.2) is 78.5 Å². The summed E-state index contributed by atoms with van der Waals surface area (Å²) in [6, 6.07) is 3.55. The van der Waals surface area contributed by atoms with Crippen LogP contribution in [0, 0.1) is 5.92 Å². The molecule has 2 atom stereocenters. The largest absolute Gasteiger partial charge is 0.480 e. The number of aromatic nitrogens is 1. The Morgan fingerprint density at radius 3 is 2.75 bits per heavy atom. The van der Waals surface area contributed by atoms with E-state index in [0.29, 0.717) is 37.0 Å². The molecule has 3 aliphatic heterocycles. The Kier molecular flexibility index (Phi) is 4.59. The molecule has 0 aliphatic carbocycles. The Bertz CT molecular complexity index is 634. The molecule has 0 unspecified atom stereocenters. The monoisotopic (exact) mass is 332 g/mol. The normalized spacial score (nSPS) is 23.0. The van der Waals surface area contributed by atoms with E-state index < -0.39 is 0 Å². The number of urea groups is 1. The van der Waals surface area contributed by atoms with Crippen LogP contribution >= 0.6 is 0 Å². The van der Waals surface area contributed by atoms with E-state index in [4.69, 9.17) is 4.74 Å². The van der Waals surface area contributed by atoms with Gasteiger partial charge in [0.05, 0.1) is 7.11 Å². The minimum Gasteiger partial charge on any atom is -0.480 e. The van der Waals surface area contributed by atoms with Crippen molar-refractivity contribution in [2.75, 3.05) is 40.8 Å². The third-order valence-electron chi connectivity index (χ3n) is 4.82. The number of hydrogen-bond donors (Lipinski definition) is 0. The fourth-order valence-electron chi connectivity index (χ4n) is 3.64. The van der Waals surface area contributed by atoms with Crippen LogP contribution in [-0.2, 0) is 0 Å². The van der Waals surface area contributed by atoms with Gasteiger partial charge in [0.1, 0.15) is 5.56 Å². The number of rotatable bonds is 2. The summed E-state index contributed by atoms with van der Waals surface area (Å²) < 4.78 is 5.23. The fraction of sp³-hybridized carbons (Fsp3) is 0.588. The van der Waals surface area contributed by atoms with Crippen LogP contribution < -0.4 is 4.74 Å². The average molecular weight is 332 g/mol. The van der Waals surface area contributed by atoms with Crippen molar-refractivity contribution in [3.8, 4) is 5.88 Å². The highest BCUT2D eigenvalue weighted by molar-refractivity contribution is 5.96. The second-order valence-corrected chi connectivity index (χ2v) is 6.70. The van der Waals surface area contributed by atoms with Gasteiger partial charge in [0.2, 0.25) is 5.88 Å². The molecule has 7 heteroatoms. The van der Waals surface area contributed by atoms with Gasteiger partial charge in [-0.25, -0.2) is 9.78 Å². The first-order valence-corrected chi connectivity index (χ1v) is 8.27. The number of piperidine rings is 1. The van der Waals surface area contributed by atoms with Gasteiger partial charge in [0, 0.05) is 46.0 Å². The van der Waals surface area contributed by atoms with Crippen molar-refractivity contribution in [2.45, 2.75) is 18.9 Å². The average Bonchev–Trinajstić information content (AvgIpc) is 2.92. The number of nitrogens with zero attached hydrogens (tertiary/aromatic N) is 4. The Morgan fingerprint density at radius 2 is 2.04 bits per heavy atom. The minimum absolute atomic E-state index is 0.0140. The van der Waals surface area contributed by atoms with Gasteiger partial charge in [-0.3, -0.25) is 4.79 Å². The molecule has 4 rings (SSSR count). The van der Waals surface area contributed by atoms with Crippen LogP contribution in [0.2, 0.25) is 0 Å². The van der Waals surface area contributed by atoms with Crippen molar-refractivity contribution in [1.82, 2.24) is 19.7 Å². The van der Waals surface area contributed by atoms with Gasteiger partial charge in [0.25, 0.3) is 5.91 Å². The Balaban J connectivity index is 1.83. The van der Waals surface area contributed by atoms with Crippen LogP contribution in [0.5, 0.6) is 5.88 Å². The van der Waals surface area contributed by atoms with E-state index >= 15 is 0 Å². The molecule has 0 spiro atoms. The number of amides is 3. The van der Waals surface area contributed by atoms with E-state index in [9.17, 15) is 9.59 Å². The third-order valence-corrected chi connectivity index (χ3v) is 4.82. The smallest absolute Gasteiger partial charge is 0.319 e. The molecule has 1 aromatic rings. The van der Waals surface area contributed by atoms with Crippen molar-refractivity contribution >= 4 is 11.9 Å². The molecule has 3 aliphatic rings. The maximum Gasteiger partial charge on any atom is 0.319 e. The molecule has 4 heterocycles. The summed E-state index contributed by atoms with van der Waals surface area (Å²) in [7, 11) is 5.04. The topological polar surface area (TPSA) is 66.0 Å². The number of carbonyl (C=O) groups excluding carboxylic acids is 2. The van der Waals surface area contributed by atoms with E-state index in [2.05, 4.69) is 4.98 Å². The lowest BCUT2D eigenvalue weighted by atomic mass is 9.94. The quantitative estimate of drug-likeness (QED) is 0.819. The van der Waals surface area contributed by atoms with Gasteiger partial charge >= 0.3 is 6.03 Å². The summed E-state index contributed by atoms with van der Waals surface area (Å²) in [6.07, 6.45) is 3.59. The number of hydrogen-bond acceptors (Lipinski definition) is 4. The Hall–Kier alpha value is -2.31. The van der Waals surface area contributed by atoms with Crippen LogP contribution in [0.3, 0.4) is 0 Å². The predicted octanol–water partition coefficient (Wildman–Crippen LogP) is 1.31. The second-order valence-electron chi connectivity index (χ2n) is 6.70. The highest BCUT2D eigenvalue weighted by Crippen LogP contribution is 2.30. The third kappa shape index (κ3) is 3.02. The molecule has 0 aromatic carbocycles. The van der Waals surface area contributed by atoms with E-state index in [-0.39, 0.29) is 18.0 Å². The first-order valence-electron chi connectivity index (χ1n) is 8.27. The van der Waals surface area contributed by atoms with Gasteiger partial charge in [-0.15, -0.1) is 0 Å². The Morgan fingerprint density at radius 1 is 1.25 bits per heavy atom. The number of methoxy groups -OCH3 is 1. The molecule has 1 aromatic heterocycles. The van der Waals surface area contributed by atoms with Crippen molar-refractivity contribution in [3.63, 3.8) is 0 Å².